The van der Waals surface area contributed by atoms with Crippen LogP contribution in [0.1, 0.15) is 0 Å². The molecular weight excluding hydrogens is 296 g/mol. The van der Waals surface area contributed by atoms with E-state index in [1.54, 1.807) is 52.8 Å². The lowest BCUT2D eigenvalue weighted by Crippen LogP contribution is -2.36. The first kappa shape index (κ1) is 13.7. The van der Waals surface area contributed by atoms with Crippen LogP contribution in [0.3, 0.4) is 0 Å². The van der Waals surface area contributed by atoms with Crippen LogP contribution >= 0.6 is 21.6 Å². The molecule has 2 atom stereocenters. The number of nitrogens with two attached hydrogens (primary N) is 1. The second kappa shape index (κ2) is 5.23. The van der Waals surface area contributed by atoms with Crippen LogP contribution < -0.4 is 20.1 Å². The SMILES string of the molecule is COc1ccc(N2C(=O)C(N)C3SSC=C32)c(OC)c1. The van der Waals surface area contributed by atoms with Crippen LogP contribution in [-0.4, -0.2) is 31.4 Å². The molecule has 7 heteroatoms. The van der Waals surface area contributed by atoms with E-state index in [0.29, 0.717) is 17.2 Å². The lowest BCUT2D eigenvalue weighted by molar-refractivity contribution is -0.117. The molecule has 2 aliphatic heterocycles. The van der Waals surface area contributed by atoms with E-state index in [4.69, 9.17) is 15.2 Å². The van der Waals surface area contributed by atoms with Crippen LogP contribution in [0, 0.1) is 0 Å². The quantitative estimate of drug-likeness (QED) is 0.861. The Kier molecular flexibility index (Phi) is 3.57. The molecule has 0 spiro atoms. The van der Waals surface area contributed by atoms with Gasteiger partial charge in [0.2, 0.25) is 5.91 Å². The summed E-state index contributed by atoms with van der Waals surface area (Å²) in [6, 6.07) is 4.88. The minimum atomic E-state index is -0.506. The van der Waals surface area contributed by atoms with Crippen molar-refractivity contribution in [3.05, 3.63) is 29.3 Å². The second-order valence-electron chi connectivity index (χ2n) is 4.39. The van der Waals surface area contributed by atoms with E-state index >= 15 is 0 Å². The molecule has 2 heterocycles. The van der Waals surface area contributed by atoms with Gasteiger partial charge in [0.25, 0.3) is 0 Å². The van der Waals surface area contributed by atoms with Gasteiger partial charge in [-0.1, -0.05) is 21.6 Å². The van der Waals surface area contributed by atoms with Crippen LogP contribution in [-0.2, 0) is 4.79 Å². The molecule has 5 nitrogen and oxygen atoms in total. The number of nitrogens with zero attached hydrogens (tertiary/aromatic N) is 1. The first-order chi connectivity index (χ1) is 9.67. The molecule has 3 rings (SSSR count). The first-order valence-corrected chi connectivity index (χ1v) is 8.28. The summed E-state index contributed by atoms with van der Waals surface area (Å²) in [5.74, 6) is 1.17. The Morgan fingerprint density at radius 1 is 1.30 bits per heavy atom. The molecule has 106 valence electrons. The van der Waals surface area contributed by atoms with Crippen LogP contribution in [0.25, 0.3) is 0 Å². The Hall–Kier alpha value is -1.31. The Labute approximate surface area is 124 Å². The van der Waals surface area contributed by atoms with Crippen LogP contribution in [0.4, 0.5) is 5.69 Å². The Morgan fingerprint density at radius 3 is 2.80 bits per heavy atom. The van der Waals surface area contributed by atoms with E-state index in [9.17, 15) is 4.79 Å². The molecule has 0 saturated carbocycles. The normalized spacial score (nSPS) is 24.6. The zero-order valence-electron chi connectivity index (χ0n) is 11.0. The van der Waals surface area contributed by atoms with E-state index in [1.807, 2.05) is 11.5 Å². The van der Waals surface area contributed by atoms with Gasteiger partial charge >= 0.3 is 0 Å². The van der Waals surface area contributed by atoms with Crippen molar-refractivity contribution in [3.8, 4) is 11.5 Å². The molecule has 0 bridgehead atoms. The van der Waals surface area contributed by atoms with E-state index in [0.717, 1.165) is 5.70 Å². The number of ether oxygens (including phenoxy) is 2. The van der Waals surface area contributed by atoms with Crippen molar-refractivity contribution >= 4 is 33.2 Å². The summed E-state index contributed by atoms with van der Waals surface area (Å²) in [7, 11) is 6.39. The van der Waals surface area contributed by atoms with Gasteiger partial charge in [0.05, 0.1) is 25.2 Å². The summed E-state index contributed by atoms with van der Waals surface area (Å²) in [5, 5.41) is 1.99. The molecule has 1 saturated heterocycles. The lowest BCUT2D eigenvalue weighted by atomic mass is 10.2. The van der Waals surface area contributed by atoms with Crippen molar-refractivity contribution in [2.75, 3.05) is 19.1 Å². The molecule has 1 aromatic rings. The summed E-state index contributed by atoms with van der Waals surface area (Å²) in [5.41, 5.74) is 7.64. The molecule has 1 fully saturated rings. The van der Waals surface area contributed by atoms with Gasteiger partial charge < -0.3 is 15.2 Å². The van der Waals surface area contributed by atoms with Gasteiger partial charge in [-0.15, -0.1) is 0 Å². The zero-order valence-corrected chi connectivity index (χ0v) is 12.7. The van der Waals surface area contributed by atoms with Crippen LogP contribution in [0.2, 0.25) is 0 Å². The second-order valence-corrected chi connectivity index (χ2v) is 6.68. The van der Waals surface area contributed by atoms with E-state index < -0.39 is 6.04 Å². The van der Waals surface area contributed by atoms with E-state index in [2.05, 4.69) is 0 Å². The highest BCUT2D eigenvalue weighted by atomic mass is 33.1. The third-order valence-electron chi connectivity index (χ3n) is 3.34. The zero-order chi connectivity index (χ0) is 14.3. The van der Waals surface area contributed by atoms with Gasteiger partial charge in [-0.3, -0.25) is 9.69 Å². The monoisotopic (exact) mass is 310 g/mol. The lowest BCUT2D eigenvalue weighted by Gasteiger charge is -2.20. The fraction of sp³-hybridized carbons (Fsp3) is 0.308. The topological polar surface area (TPSA) is 64.8 Å². The Bertz CT molecular complexity index is 591. The van der Waals surface area contributed by atoms with Crippen LogP contribution in [0.5, 0.6) is 11.5 Å². The number of hydrogen-bond acceptors (Lipinski definition) is 6. The number of rotatable bonds is 3. The van der Waals surface area contributed by atoms with Gasteiger partial charge in [-0.05, 0) is 12.1 Å². The smallest absolute Gasteiger partial charge is 0.249 e. The number of amides is 1. The van der Waals surface area contributed by atoms with Gasteiger partial charge in [0, 0.05) is 17.2 Å². The Morgan fingerprint density at radius 2 is 2.10 bits per heavy atom. The molecule has 0 aromatic heterocycles. The van der Waals surface area contributed by atoms with Gasteiger partial charge in [-0.25, -0.2) is 0 Å². The number of carbonyl (C=O) groups is 1. The highest BCUT2D eigenvalue weighted by molar-refractivity contribution is 8.78. The molecule has 2 unspecified atom stereocenters. The van der Waals surface area contributed by atoms with Gasteiger partial charge in [-0.2, -0.15) is 0 Å². The molecule has 0 aliphatic carbocycles. The standard InChI is InChI=1S/C13H14N2O3S2/c1-17-7-3-4-8(10(5-7)18-2)15-9-6-19-20-12(9)11(14)13(15)16/h3-6,11-12H,14H2,1-2H3. The number of fused-ring (bicyclic) bond motifs is 1. The summed E-state index contributed by atoms with van der Waals surface area (Å²) in [6.45, 7) is 0. The highest BCUT2D eigenvalue weighted by Crippen LogP contribution is 2.50. The van der Waals surface area contributed by atoms with Crippen molar-refractivity contribution < 1.29 is 14.3 Å². The van der Waals surface area contributed by atoms with E-state index in [1.165, 1.54) is 0 Å². The van der Waals surface area contributed by atoms with Crippen molar-refractivity contribution in [2.24, 2.45) is 5.73 Å². The maximum absolute atomic E-state index is 12.4. The third kappa shape index (κ3) is 1.97. The first-order valence-electron chi connectivity index (χ1n) is 6.01. The van der Waals surface area contributed by atoms with Crippen molar-refractivity contribution in [3.63, 3.8) is 0 Å². The third-order valence-corrected chi connectivity index (χ3v) is 5.77. The summed E-state index contributed by atoms with van der Waals surface area (Å²) < 4.78 is 10.6. The average molecular weight is 310 g/mol. The molecule has 2 N–H and O–H groups in total. The van der Waals surface area contributed by atoms with Crippen molar-refractivity contribution in [1.82, 2.24) is 0 Å². The van der Waals surface area contributed by atoms with Crippen LogP contribution in [0.15, 0.2) is 29.3 Å². The number of benzene rings is 1. The predicted molar refractivity (Wildman–Crippen MR) is 82.1 cm³/mol. The predicted octanol–water partition coefficient (Wildman–Crippen LogP) is 1.98. The summed E-state index contributed by atoms with van der Waals surface area (Å²) in [4.78, 5) is 14.0. The molecule has 1 amide bonds. The number of carbonyl (C=O) groups excluding carboxylic acids is 1. The van der Waals surface area contributed by atoms with Crippen molar-refractivity contribution in [1.29, 1.82) is 0 Å². The fourth-order valence-corrected chi connectivity index (χ4v) is 4.91. The molecule has 0 radical (unpaired) electrons. The van der Waals surface area contributed by atoms with Gasteiger partial charge in [0.15, 0.2) is 0 Å². The van der Waals surface area contributed by atoms with E-state index in [-0.39, 0.29) is 11.2 Å². The number of hydrogen-bond donors (Lipinski definition) is 1. The molecule has 1 aromatic carbocycles. The Balaban J connectivity index is 2.06. The van der Waals surface area contributed by atoms with Gasteiger partial charge in [0.1, 0.15) is 17.5 Å². The molecular formula is C13H14N2O3S2. The fourth-order valence-electron chi connectivity index (χ4n) is 2.31. The summed E-state index contributed by atoms with van der Waals surface area (Å²) in [6.07, 6.45) is 0. The number of methoxy groups -OCH3 is 2. The highest BCUT2D eigenvalue weighted by Gasteiger charge is 2.46. The molecule has 20 heavy (non-hydrogen) atoms. The average Bonchev–Trinajstić information content (AvgIpc) is 3.03. The largest absolute Gasteiger partial charge is 0.497 e. The van der Waals surface area contributed by atoms with Crippen molar-refractivity contribution in [2.45, 2.75) is 11.3 Å². The maximum atomic E-state index is 12.4. The summed E-state index contributed by atoms with van der Waals surface area (Å²) >= 11 is 0. The minimum Gasteiger partial charge on any atom is -0.497 e. The maximum Gasteiger partial charge on any atom is 0.249 e. The molecule has 2 aliphatic rings. The number of anilines is 1. The minimum absolute atomic E-state index is 0.0132.